The lowest BCUT2D eigenvalue weighted by molar-refractivity contribution is 0.133. The lowest BCUT2D eigenvalue weighted by atomic mass is 9.67. The number of hydrogen-bond acceptors (Lipinski definition) is 4. The van der Waals surface area contributed by atoms with E-state index in [4.69, 9.17) is 0 Å². The van der Waals surface area contributed by atoms with Crippen LogP contribution in [-0.4, -0.2) is 26.5 Å². The van der Waals surface area contributed by atoms with Gasteiger partial charge in [0, 0.05) is 25.5 Å². The second-order valence-corrected chi connectivity index (χ2v) is 7.17. The van der Waals surface area contributed by atoms with Gasteiger partial charge in [-0.1, -0.05) is 13.3 Å². The summed E-state index contributed by atoms with van der Waals surface area (Å²) in [7, 11) is -3.51. The smallest absolute Gasteiger partial charge is 0.244 e. The number of aromatic nitrogens is 1. The molecule has 1 fully saturated rings. The van der Waals surface area contributed by atoms with Gasteiger partial charge in [-0.2, -0.15) is 0 Å². The van der Waals surface area contributed by atoms with Crippen molar-refractivity contribution in [2.24, 2.45) is 5.41 Å². The predicted molar refractivity (Wildman–Crippen MR) is 80.2 cm³/mol. The van der Waals surface area contributed by atoms with Gasteiger partial charge in [-0.3, -0.25) is 4.98 Å². The van der Waals surface area contributed by atoms with Gasteiger partial charge in [0.25, 0.3) is 0 Å². The van der Waals surface area contributed by atoms with Crippen LogP contribution in [0.3, 0.4) is 0 Å². The first kappa shape index (κ1) is 15.3. The van der Waals surface area contributed by atoms with Crippen LogP contribution in [0.2, 0.25) is 0 Å². The molecule has 1 aliphatic carbocycles. The van der Waals surface area contributed by atoms with Gasteiger partial charge in [-0.25, -0.2) is 13.1 Å². The Morgan fingerprint density at radius 2 is 2.10 bits per heavy atom. The third-order valence-electron chi connectivity index (χ3n) is 4.24. The number of rotatable bonds is 7. The monoisotopic (exact) mass is 297 g/mol. The van der Waals surface area contributed by atoms with Crippen molar-refractivity contribution in [1.29, 1.82) is 0 Å². The molecule has 0 saturated heterocycles. The molecule has 1 saturated carbocycles. The molecule has 6 heteroatoms. The number of anilines is 1. The highest BCUT2D eigenvalue weighted by Gasteiger charge is 2.36. The largest absolute Gasteiger partial charge is 0.384 e. The summed E-state index contributed by atoms with van der Waals surface area (Å²) in [5.74, 6) is 0. The molecule has 0 atom stereocenters. The van der Waals surface area contributed by atoms with Crippen LogP contribution in [0.15, 0.2) is 23.4 Å². The van der Waals surface area contributed by atoms with E-state index in [0.717, 1.165) is 19.3 Å². The van der Waals surface area contributed by atoms with Crippen LogP contribution >= 0.6 is 0 Å². The summed E-state index contributed by atoms with van der Waals surface area (Å²) in [5.41, 5.74) is 0.766. The summed E-state index contributed by atoms with van der Waals surface area (Å²) in [4.78, 5) is 4.16. The minimum atomic E-state index is -3.51. The molecule has 0 unspecified atom stereocenters. The van der Waals surface area contributed by atoms with Crippen molar-refractivity contribution >= 4 is 15.7 Å². The Morgan fingerprint density at radius 3 is 2.65 bits per heavy atom. The SMILES string of the molecule is CCNc1ccncc1S(=O)(=O)NCC1(CC)CCC1. The average molecular weight is 297 g/mol. The number of sulfonamides is 1. The Bertz CT molecular complexity index is 548. The maximum absolute atomic E-state index is 12.4. The molecule has 112 valence electrons. The lowest BCUT2D eigenvalue weighted by Crippen LogP contribution is -2.41. The zero-order chi connectivity index (χ0) is 14.6. The second-order valence-electron chi connectivity index (χ2n) is 5.43. The van der Waals surface area contributed by atoms with E-state index in [1.54, 1.807) is 12.3 Å². The van der Waals surface area contributed by atoms with Gasteiger partial charge >= 0.3 is 0 Å². The quantitative estimate of drug-likeness (QED) is 0.810. The molecule has 5 nitrogen and oxygen atoms in total. The molecule has 0 spiro atoms. The Hall–Kier alpha value is -1.14. The number of pyridine rings is 1. The van der Waals surface area contributed by atoms with Gasteiger partial charge < -0.3 is 5.32 Å². The molecule has 1 aliphatic rings. The minimum Gasteiger partial charge on any atom is -0.384 e. The molecule has 1 aromatic rings. The molecule has 0 aromatic carbocycles. The summed E-state index contributed by atoms with van der Waals surface area (Å²) in [6.45, 7) is 5.25. The molecule has 1 heterocycles. The van der Waals surface area contributed by atoms with Gasteiger partial charge in [0.15, 0.2) is 0 Å². The van der Waals surface area contributed by atoms with Crippen LogP contribution in [0.4, 0.5) is 5.69 Å². The summed E-state index contributed by atoms with van der Waals surface area (Å²) in [5, 5.41) is 3.06. The van der Waals surface area contributed by atoms with E-state index in [9.17, 15) is 8.42 Å². The van der Waals surface area contributed by atoms with Crippen molar-refractivity contribution in [1.82, 2.24) is 9.71 Å². The Morgan fingerprint density at radius 1 is 1.35 bits per heavy atom. The number of nitrogens with zero attached hydrogens (tertiary/aromatic N) is 1. The van der Waals surface area contributed by atoms with Crippen molar-refractivity contribution < 1.29 is 8.42 Å². The van der Waals surface area contributed by atoms with Crippen LogP contribution in [0.1, 0.15) is 39.5 Å². The van der Waals surface area contributed by atoms with Crippen LogP contribution in [0.5, 0.6) is 0 Å². The Labute approximate surface area is 121 Å². The number of hydrogen-bond donors (Lipinski definition) is 2. The first-order chi connectivity index (χ1) is 9.53. The minimum absolute atomic E-state index is 0.160. The van der Waals surface area contributed by atoms with E-state index >= 15 is 0 Å². The second kappa shape index (κ2) is 6.10. The van der Waals surface area contributed by atoms with Gasteiger partial charge in [0.05, 0.1) is 5.69 Å². The molecule has 2 rings (SSSR count). The fourth-order valence-electron chi connectivity index (χ4n) is 2.59. The first-order valence-corrected chi connectivity index (χ1v) is 8.69. The van der Waals surface area contributed by atoms with Crippen LogP contribution < -0.4 is 10.0 Å². The molecule has 20 heavy (non-hydrogen) atoms. The standard InChI is InChI=1S/C14H23N3O2S/c1-3-14(7-5-8-14)11-17-20(18,19)13-10-15-9-6-12(13)16-4-2/h6,9-10,17H,3-5,7-8,11H2,1-2H3,(H,15,16). The fourth-order valence-corrected chi connectivity index (χ4v) is 3.87. The van der Waals surface area contributed by atoms with E-state index in [-0.39, 0.29) is 10.3 Å². The normalized spacial score (nSPS) is 17.5. The molecule has 0 radical (unpaired) electrons. The van der Waals surface area contributed by atoms with E-state index in [2.05, 4.69) is 21.9 Å². The molecule has 2 N–H and O–H groups in total. The van der Waals surface area contributed by atoms with Crippen molar-refractivity contribution in [2.45, 2.75) is 44.4 Å². The highest BCUT2D eigenvalue weighted by molar-refractivity contribution is 7.89. The van der Waals surface area contributed by atoms with Crippen molar-refractivity contribution in [2.75, 3.05) is 18.4 Å². The van der Waals surface area contributed by atoms with Crippen LogP contribution in [0.25, 0.3) is 0 Å². The molecule has 0 bridgehead atoms. The van der Waals surface area contributed by atoms with Gasteiger partial charge in [0.2, 0.25) is 10.0 Å². The summed E-state index contributed by atoms with van der Waals surface area (Å²) >= 11 is 0. The van der Waals surface area contributed by atoms with E-state index in [1.807, 2.05) is 6.92 Å². The predicted octanol–water partition coefficient (Wildman–Crippen LogP) is 2.37. The lowest BCUT2D eigenvalue weighted by Gasteiger charge is -2.41. The zero-order valence-electron chi connectivity index (χ0n) is 12.1. The summed E-state index contributed by atoms with van der Waals surface area (Å²) < 4.78 is 27.6. The molecular weight excluding hydrogens is 274 g/mol. The Kier molecular flexibility index (Phi) is 4.65. The van der Waals surface area contributed by atoms with Crippen molar-refractivity contribution in [3.8, 4) is 0 Å². The van der Waals surface area contributed by atoms with Crippen molar-refractivity contribution in [3.63, 3.8) is 0 Å². The topological polar surface area (TPSA) is 71.1 Å². The van der Waals surface area contributed by atoms with Gasteiger partial charge in [-0.05, 0) is 37.7 Å². The van der Waals surface area contributed by atoms with E-state index in [0.29, 0.717) is 18.8 Å². The summed E-state index contributed by atoms with van der Waals surface area (Å²) in [6, 6.07) is 1.69. The summed E-state index contributed by atoms with van der Waals surface area (Å²) in [6.07, 6.45) is 7.43. The van der Waals surface area contributed by atoms with Crippen LogP contribution in [0, 0.1) is 5.41 Å². The zero-order valence-corrected chi connectivity index (χ0v) is 13.0. The molecule has 0 amide bonds. The molecular formula is C14H23N3O2S. The Balaban J connectivity index is 2.14. The first-order valence-electron chi connectivity index (χ1n) is 7.20. The van der Waals surface area contributed by atoms with Gasteiger partial charge in [0.1, 0.15) is 4.90 Å². The van der Waals surface area contributed by atoms with E-state index in [1.165, 1.54) is 12.6 Å². The van der Waals surface area contributed by atoms with Gasteiger partial charge in [-0.15, -0.1) is 0 Å². The van der Waals surface area contributed by atoms with Crippen molar-refractivity contribution in [3.05, 3.63) is 18.5 Å². The third kappa shape index (κ3) is 3.12. The average Bonchev–Trinajstić information content (AvgIpc) is 2.39. The third-order valence-corrected chi connectivity index (χ3v) is 5.67. The molecule has 0 aliphatic heterocycles. The van der Waals surface area contributed by atoms with E-state index < -0.39 is 10.0 Å². The maximum Gasteiger partial charge on any atom is 0.244 e. The highest BCUT2D eigenvalue weighted by Crippen LogP contribution is 2.43. The maximum atomic E-state index is 12.4. The van der Waals surface area contributed by atoms with Crippen LogP contribution in [-0.2, 0) is 10.0 Å². The number of nitrogens with one attached hydrogen (secondary N) is 2. The highest BCUT2D eigenvalue weighted by atomic mass is 32.2. The molecule has 1 aromatic heterocycles. The fraction of sp³-hybridized carbons (Fsp3) is 0.643.